The van der Waals surface area contributed by atoms with E-state index in [0.717, 1.165) is 4.31 Å². The number of halogens is 3. The first kappa shape index (κ1) is 17.4. The largest absolute Gasteiger partial charge is 0.505 e. The molecule has 0 fully saturated rings. The summed E-state index contributed by atoms with van der Waals surface area (Å²) in [5.74, 6) is -0.483. The predicted molar refractivity (Wildman–Crippen MR) is 92.6 cm³/mol. The number of hydrogen-bond acceptors (Lipinski definition) is 3. The number of benzene rings is 2. The summed E-state index contributed by atoms with van der Waals surface area (Å²) in [6.45, 7) is 1.75. The second-order valence-corrected chi connectivity index (χ2v) is 8.33. The van der Waals surface area contributed by atoms with E-state index >= 15 is 0 Å². The molecule has 0 radical (unpaired) electrons. The summed E-state index contributed by atoms with van der Waals surface area (Å²) in [6.07, 6.45) is 0. The van der Waals surface area contributed by atoms with Gasteiger partial charge < -0.3 is 5.11 Å². The van der Waals surface area contributed by atoms with Gasteiger partial charge in [-0.15, -0.1) is 0 Å². The fourth-order valence-corrected chi connectivity index (χ4v) is 4.62. The van der Waals surface area contributed by atoms with Crippen LogP contribution in [0.5, 0.6) is 5.75 Å². The summed E-state index contributed by atoms with van der Waals surface area (Å²) in [4.78, 5) is -0.274. The van der Waals surface area contributed by atoms with Gasteiger partial charge in [0.15, 0.2) is 5.75 Å². The minimum absolute atomic E-state index is 0.0471. The molecule has 0 aromatic heterocycles. The van der Waals surface area contributed by atoms with E-state index in [1.54, 1.807) is 25.1 Å². The highest BCUT2D eigenvalue weighted by atomic mass is 79.9. The zero-order valence-electron chi connectivity index (χ0n) is 11.6. The molecule has 8 heteroatoms. The van der Waals surface area contributed by atoms with Crippen LogP contribution in [0.4, 0.5) is 5.69 Å². The lowest BCUT2D eigenvalue weighted by atomic mass is 10.2. The summed E-state index contributed by atoms with van der Waals surface area (Å²) >= 11 is 14.9. The SMILES string of the molecule is Cc1cc(Cl)ccc1N(C)S(=O)(=O)c1cc(Br)cc(Cl)c1O. The molecular weight excluding hydrogens is 413 g/mol. The van der Waals surface area contributed by atoms with E-state index in [1.807, 2.05) is 0 Å². The fraction of sp³-hybridized carbons (Fsp3) is 0.143. The molecule has 2 aromatic carbocycles. The molecule has 4 nitrogen and oxygen atoms in total. The number of anilines is 1. The van der Waals surface area contributed by atoms with Crippen LogP contribution >= 0.6 is 39.1 Å². The number of phenols is 1. The van der Waals surface area contributed by atoms with Crippen LogP contribution in [0, 0.1) is 6.92 Å². The lowest BCUT2D eigenvalue weighted by Crippen LogP contribution is -2.27. The molecule has 0 saturated carbocycles. The highest BCUT2D eigenvalue weighted by Crippen LogP contribution is 2.37. The average molecular weight is 425 g/mol. The first-order valence-corrected chi connectivity index (χ1v) is 9.06. The Bertz CT molecular complexity index is 840. The summed E-state index contributed by atoms with van der Waals surface area (Å²) in [5, 5.41) is 10.5. The van der Waals surface area contributed by atoms with Crippen LogP contribution < -0.4 is 4.31 Å². The van der Waals surface area contributed by atoms with Gasteiger partial charge in [0, 0.05) is 16.5 Å². The maximum Gasteiger partial charge on any atom is 0.267 e. The zero-order chi connectivity index (χ0) is 16.7. The Morgan fingerprint density at radius 3 is 2.41 bits per heavy atom. The van der Waals surface area contributed by atoms with Gasteiger partial charge in [-0.05, 0) is 42.8 Å². The van der Waals surface area contributed by atoms with Crippen molar-refractivity contribution in [2.75, 3.05) is 11.4 Å². The third-order valence-electron chi connectivity index (χ3n) is 3.13. The lowest BCUT2D eigenvalue weighted by Gasteiger charge is -2.22. The van der Waals surface area contributed by atoms with E-state index in [2.05, 4.69) is 15.9 Å². The third kappa shape index (κ3) is 3.20. The third-order valence-corrected chi connectivity index (χ3v) is 5.90. The van der Waals surface area contributed by atoms with E-state index in [0.29, 0.717) is 20.7 Å². The molecule has 1 N–H and O–H groups in total. The maximum atomic E-state index is 12.7. The van der Waals surface area contributed by atoms with Crippen LogP contribution in [-0.2, 0) is 10.0 Å². The number of hydrogen-bond donors (Lipinski definition) is 1. The summed E-state index contributed by atoms with van der Waals surface area (Å²) in [7, 11) is -2.57. The van der Waals surface area contributed by atoms with Gasteiger partial charge in [-0.2, -0.15) is 0 Å². The second kappa shape index (κ2) is 6.28. The highest BCUT2D eigenvalue weighted by Gasteiger charge is 2.27. The first-order valence-electron chi connectivity index (χ1n) is 6.07. The molecular formula is C14H12BrCl2NO3S. The van der Waals surface area contributed by atoms with Crippen molar-refractivity contribution in [3.05, 3.63) is 50.4 Å². The molecule has 118 valence electrons. The first-order chi connectivity index (χ1) is 10.1. The minimum atomic E-state index is -3.98. The highest BCUT2D eigenvalue weighted by molar-refractivity contribution is 9.10. The van der Waals surface area contributed by atoms with Gasteiger partial charge in [-0.3, -0.25) is 4.31 Å². The average Bonchev–Trinajstić information content (AvgIpc) is 2.42. The number of aromatic hydroxyl groups is 1. The Labute approximate surface area is 147 Å². The van der Waals surface area contributed by atoms with Crippen LogP contribution in [0.3, 0.4) is 0 Å². The van der Waals surface area contributed by atoms with Gasteiger partial charge in [0.25, 0.3) is 10.0 Å². The molecule has 0 saturated heterocycles. The van der Waals surface area contributed by atoms with Gasteiger partial charge in [-0.25, -0.2) is 8.42 Å². The summed E-state index contributed by atoms with van der Waals surface area (Å²) < 4.78 is 27.0. The van der Waals surface area contributed by atoms with Crippen molar-refractivity contribution in [2.45, 2.75) is 11.8 Å². The fourth-order valence-electron chi connectivity index (χ4n) is 1.99. The smallest absolute Gasteiger partial charge is 0.267 e. The number of phenolic OH excluding ortho intramolecular Hbond substituents is 1. The molecule has 2 aromatic rings. The molecule has 0 bridgehead atoms. The van der Waals surface area contributed by atoms with Crippen molar-refractivity contribution in [1.29, 1.82) is 0 Å². The van der Waals surface area contributed by atoms with Crippen molar-refractivity contribution in [2.24, 2.45) is 0 Å². The van der Waals surface area contributed by atoms with E-state index in [-0.39, 0.29) is 9.92 Å². The van der Waals surface area contributed by atoms with Crippen LogP contribution in [-0.4, -0.2) is 20.6 Å². The van der Waals surface area contributed by atoms with Crippen molar-refractivity contribution >= 4 is 54.8 Å². The Hall–Kier alpha value is -0.950. The molecule has 0 aliphatic rings. The number of rotatable bonds is 3. The van der Waals surface area contributed by atoms with Crippen molar-refractivity contribution in [1.82, 2.24) is 0 Å². The van der Waals surface area contributed by atoms with Crippen LogP contribution in [0.15, 0.2) is 39.7 Å². The van der Waals surface area contributed by atoms with Crippen molar-refractivity contribution < 1.29 is 13.5 Å². The molecule has 0 unspecified atom stereocenters. The topological polar surface area (TPSA) is 57.6 Å². The summed E-state index contributed by atoms with van der Waals surface area (Å²) in [5.41, 5.74) is 1.15. The standard InChI is InChI=1S/C14H12BrCl2NO3S/c1-8-5-10(16)3-4-12(8)18(2)22(20,21)13-7-9(15)6-11(17)14(13)19/h3-7,19H,1-2H3. The zero-order valence-corrected chi connectivity index (χ0v) is 15.6. The Morgan fingerprint density at radius 2 is 1.82 bits per heavy atom. The van der Waals surface area contributed by atoms with E-state index in [4.69, 9.17) is 23.2 Å². The Kier molecular flexibility index (Phi) is 4.96. The number of sulfonamides is 1. The molecule has 0 heterocycles. The number of nitrogens with zero attached hydrogens (tertiary/aromatic N) is 1. The molecule has 0 spiro atoms. The molecule has 22 heavy (non-hydrogen) atoms. The molecule has 0 atom stereocenters. The molecule has 0 amide bonds. The van der Waals surface area contributed by atoms with Crippen LogP contribution in [0.25, 0.3) is 0 Å². The molecule has 2 rings (SSSR count). The Morgan fingerprint density at radius 1 is 1.18 bits per heavy atom. The van der Waals surface area contributed by atoms with Gasteiger partial charge in [0.2, 0.25) is 0 Å². The van der Waals surface area contributed by atoms with Gasteiger partial charge >= 0.3 is 0 Å². The van der Waals surface area contributed by atoms with E-state index in [1.165, 1.54) is 19.2 Å². The predicted octanol–water partition coefficient (Wildman–Crippen LogP) is 4.60. The van der Waals surface area contributed by atoms with Crippen LogP contribution in [0.1, 0.15) is 5.56 Å². The maximum absolute atomic E-state index is 12.7. The van der Waals surface area contributed by atoms with Crippen LogP contribution in [0.2, 0.25) is 10.0 Å². The molecule has 0 aliphatic heterocycles. The monoisotopic (exact) mass is 423 g/mol. The quantitative estimate of drug-likeness (QED) is 0.783. The number of aryl methyl sites for hydroxylation is 1. The second-order valence-electron chi connectivity index (χ2n) is 4.64. The molecule has 0 aliphatic carbocycles. The Balaban J connectivity index is 2.60. The summed E-state index contributed by atoms with van der Waals surface area (Å²) in [6, 6.07) is 7.59. The van der Waals surface area contributed by atoms with E-state index < -0.39 is 15.8 Å². The van der Waals surface area contributed by atoms with E-state index in [9.17, 15) is 13.5 Å². The van der Waals surface area contributed by atoms with Gasteiger partial charge in [0.05, 0.1) is 10.7 Å². The van der Waals surface area contributed by atoms with Crippen molar-refractivity contribution in [3.63, 3.8) is 0 Å². The van der Waals surface area contributed by atoms with Gasteiger partial charge in [0.1, 0.15) is 4.90 Å². The normalized spacial score (nSPS) is 11.5. The minimum Gasteiger partial charge on any atom is -0.505 e. The van der Waals surface area contributed by atoms with Gasteiger partial charge in [-0.1, -0.05) is 39.1 Å². The lowest BCUT2D eigenvalue weighted by molar-refractivity contribution is 0.458. The van der Waals surface area contributed by atoms with Crippen molar-refractivity contribution in [3.8, 4) is 5.75 Å².